The molecule has 0 atom stereocenters. The molecule has 15 heavy (non-hydrogen) atoms. The maximum atomic E-state index is 11.0. The van der Waals surface area contributed by atoms with Crippen molar-refractivity contribution >= 4 is 21.7 Å². The summed E-state index contributed by atoms with van der Waals surface area (Å²) in [4.78, 5) is -0.239. The van der Waals surface area contributed by atoms with Crippen LogP contribution in [0.5, 0.6) is 0 Å². The molecule has 1 rings (SSSR count). The largest absolute Gasteiger partial charge is 0.296 e. The molecule has 0 saturated heterocycles. The van der Waals surface area contributed by atoms with E-state index in [2.05, 4.69) is 0 Å². The van der Waals surface area contributed by atoms with Crippen LogP contribution < -0.4 is 0 Å². The van der Waals surface area contributed by atoms with Crippen LogP contribution in [0.4, 0.5) is 0 Å². The Kier molecular flexibility index (Phi) is 3.14. The smallest absolute Gasteiger partial charge is 0.282 e. The third-order valence-electron chi connectivity index (χ3n) is 2.08. The van der Waals surface area contributed by atoms with E-state index in [1.807, 2.05) is 20.8 Å². The van der Waals surface area contributed by atoms with E-state index in [1.165, 1.54) is 12.1 Å². The van der Waals surface area contributed by atoms with E-state index >= 15 is 0 Å². The number of benzene rings is 1. The van der Waals surface area contributed by atoms with Crippen molar-refractivity contribution in [2.45, 2.75) is 31.1 Å². The molecule has 0 bridgehead atoms. The van der Waals surface area contributed by atoms with Crippen LogP contribution in [0.3, 0.4) is 0 Å². The predicted molar refractivity (Wildman–Crippen MR) is 60.0 cm³/mol. The summed E-state index contributed by atoms with van der Waals surface area (Å²) < 4.78 is 31.0. The van der Waals surface area contributed by atoms with Gasteiger partial charge in [-0.15, -0.1) is 0 Å². The molecule has 0 aliphatic rings. The average molecular weight is 249 g/mol. The molecular formula is C10H13ClO3S. The highest BCUT2D eigenvalue weighted by atomic mass is 35.5. The second-order valence-corrected chi connectivity index (χ2v) is 6.17. The van der Waals surface area contributed by atoms with Gasteiger partial charge in [-0.1, -0.05) is 38.4 Å². The van der Waals surface area contributed by atoms with Crippen LogP contribution in [0, 0.1) is 0 Å². The fraction of sp³-hybridized carbons (Fsp3) is 0.400. The van der Waals surface area contributed by atoms with Crippen molar-refractivity contribution in [3.63, 3.8) is 0 Å². The lowest BCUT2D eigenvalue weighted by atomic mass is 9.87. The minimum Gasteiger partial charge on any atom is -0.282 e. The van der Waals surface area contributed by atoms with Gasteiger partial charge in [0.2, 0.25) is 0 Å². The fourth-order valence-corrected chi connectivity index (χ4v) is 2.17. The quantitative estimate of drug-likeness (QED) is 0.778. The zero-order valence-electron chi connectivity index (χ0n) is 8.78. The van der Waals surface area contributed by atoms with Gasteiger partial charge in [0.25, 0.3) is 10.1 Å². The van der Waals surface area contributed by atoms with Crippen LogP contribution in [0.15, 0.2) is 23.1 Å². The van der Waals surface area contributed by atoms with E-state index in [0.29, 0.717) is 0 Å². The molecule has 1 aromatic carbocycles. The lowest BCUT2D eigenvalue weighted by Crippen LogP contribution is -2.12. The van der Waals surface area contributed by atoms with Gasteiger partial charge >= 0.3 is 0 Å². The highest BCUT2D eigenvalue weighted by molar-refractivity contribution is 7.86. The molecular weight excluding hydrogens is 236 g/mol. The summed E-state index contributed by atoms with van der Waals surface area (Å²) in [5, 5.41) is 0.0329. The van der Waals surface area contributed by atoms with Crippen LogP contribution >= 0.6 is 11.6 Å². The van der Waals surface area contributed by atoms with Gasteiger partial charge in [-0.3, -0.25) is 4.55 Å². The third kappa shape index (κ3) is 2.93. The Morgan fingerprint density at radius 2 is 1.80 bits per heavy atom. The number of hydrogen-bond acceptors (Lipinski definition) is 2. The molecule has 0 saturated carbocycles. The maximum Gasteiger partial charge on any atom is 0.296 e. The molecule has 0 aromatic heterocycles. The van der Waals surface area contributed by atoms with E-state index in [0.717, 1.165) is 5.56 Å². The first-order valence-corrected chi connectivity index (χ1v) is 6.22. The van der Waals surface area contributed by atoms with E-state index in [1.54, 1.807) is 6.07 Å². The third-order valence-corrected chi connectivity index (χ3v) is 3.41. The molecule has 0 aliphatic carbocycles. The number of rotatable bonds is 1. The van der Waals surface area contributed by atoms with E-state index in [-0.39, 0.29) is 15.3 Å². The van der Waals surface area contributed by atoms with Gasteiger partial charge in [-0.2, -0.15) is 8.42 Å². The Labute approximate surface area is 94.8 Å². The molecule has 1 N–H and O–H groups in total. The molecule has 1 aromatic rings. The zero-order chi connectivity index (χ0) is 11.9. The van der Waals surface area contributed by atoms with Crippen LogP contribution in [0.1, 0.15) is 26.3 Å². The second kappa shape index (κ2) is 3.77. The molecule has 0 fully saturated rings. The van der Waals surface area contributed by atoms with Crippen molar-refractivity contribution < 1.29 is 13.0 Å². The van der Waals surface area contributed by atoms with Gasteiger partial charge in [0.15, 0.2) is 0 Å². The SMILES string of the molecule is CC(C)(C)c1ccc(Cl)c(S(=O)(=O)O)c1. The first-order chi connectivity index (χ1) is 6.62. The van der Waals surface area contributed by atoms with E-state index in [4.69, 9.17) is 16.2 Å². The van der Waals surface area contributed by atoms with Gasteiger partial charge < -0.3 is 0 Å². The second-order valence-electron chi connectivity index (χ2n) is 4.37. The van der Waals surface area contributed by atoms with Crippen molar-refractivity contribution in [1.82, 2.24) is 0 Å². The average Bonchev–Trinajstić information content (AvgIpc) is 2.00. The molecule has 5 heteroatoms. The highest BCUT2D eigenvalue weighted by Gasteiger charge is 2.20. The minimum absolute atomic E-state index is 0.0329. The van der Waals surface area contributed by atoms with E-state index < -0.39 is 10.1 Å². The molecule has 84 valence electrons. The van der Waals surface area contributed by atoms with Crippen LogP contribution in [0.2, 0.25) is 5.02 Å². The Morgan fingerprint density at radius 3 is 2.20 bits per heavy atom. The van der Waals surface area contributed by atoms with Crippen molar-refractivity contribution in [2.24, 2.45) is 0 Å². The van der Waals surface area contributed by atoms with Crippen molar-refractivity contribution in [3.8, 4) is 0 Å². The van der Waals surface area contributed by atoms with Crippen LogP contribution in [-0.4, -0.2) is 13.0 Å². The minimum atomic E-state index is -4.25. The Bertz CT molecular complexity index is 472. The summed E-state index contributed by atoms with van der Waals surface area (Å²) in [5.41, 5.74) is 0.615. The highest BCUT2D eigenvalue weighted by Crippen LogP contribution is 2.28. The van der Waals surface area contributed by atoms with Crippen molar-refractivity contribution in [2.75, 3.05) is 0 Å². The van der Waals surface area contributed by atoms with Gasteiger partial charge in [0.05, 0.1) is 5.02 Å². The lowest BCUT2D eigenvalue weighted by molar-refractivity contribution is 0.482. The summed E-state index contributed by atoms with van der Waals surface area (Å²) in [6, 6.07) is 4.62. The Hall–Kier alpha value is -0.580. The molecule has 0 spiro atoms. The van der Waals surface area contributed by atoms with E-state index in [9.17, 15) is 8.42 Å². The number of halogens is 1. The van der Waals surface area contributed by atoms with Crippen molar-refractivity contribution in [3.05, 3.63) is 28.8 Å². The summed E-state index contributed by atoms with van der Waals surface area (Å²) >= 11 is 5.69. The van der Waals surface area contributed by atoms with Gasteiger partial charge in [0, 0.05) is 0 Å². The van der Waals surface area contributed by atoms with Crippen molar-refractivity contribution in [1.29, 1.82) is 0 Å². The standard InChI is InChI=1S/C10H13ClO3S/c1-10(2,3)7-4-5-8(11)9(6-7)15(12,13)14/h4-6H,1-3H3,(H,12,13,14). The normalized spacial score (nSPS) is 12.9. The van der Waals surface area contributed by atoms with Crippen LogP contribution in [-0.2, 0) is 15.5 Å². The number of hydrogen-bond donors (Lipinski definition) is 1. The summed E-state index contributed by atoms with van der Waals surface area (Å²) in [6.07, 6.45) is 0. The molecule has 0 unspecified atom stereocenters. The lowest BCUT2D eigenvalue weighted by Gasteiger charge is -2.19. The molecule has 0 heterocycles. The summed E-state index contributed by atoms with van der Waals surface area (Å²) in [7, 11) is -4.25. The summed E-state index contributed by atoms with van der Waals surface area (Å²) in [5.74, 6) is 0. The molecule has 0 radical (unpaired) electrons. The maximum absolute atomic E-state index is 11.0. The molecule has 3 nitrogen and oxygen atoms in total. The Balaban J connectivity index is 3.43. The Morgan fingerprint density at radius 1 is 1.27 bits per heavy atom. The monoisotopic (exact) mass is 248 g/mol. The predicted octanol–water partition coefficient (Wildman–Crippen LogP) is 2.88. The first-order valence-electron chi connectivity index (χ1n) is 4.40. The summed E-state index contributed by atoms with van der Waals surface area (Å²) in [6.45, 7) is 5.85. The molecule has 0 aliphatic heterocycles. The van der Waals surface area contributed by atoms with Crippen LogP contribution in [0.25, 0.3) is 0 Å². The topological polar surface area (TPSA) is 54.4 Å². The fourth-order valence-electron chi connectivity index (χ4n) is 1.17. The van der Waals surface area contributed by atoms with Gasteiger partial charge in [-0.25, -0.2) is 0 Å². The van der Waals surface area contributed by atoms with Gasteiger partial charge in [-0.05, 0) is 23.1 Å². The zero-order valence-corrected chi connectivity index (χ0v) is 10.4. The first kappa shape index (κ1) is 12.5. The molecule has 0 amide bonds. The van der Waals surface area contributed by atoms with Gasteiger partial charge in [0.1, 0.15) is 4.90 Å².